The van der Waals surface area contributed by atoms with Crippen LogP contribution in [0, 0.1) is 0 Å². The predicted octanol–water partition coefficient (Wildman–Crippen LogP) is 4.89. The molecule has 9 heteroatoms. The first-order chi connectivity index (χ1) is 13.4. The van der Waals surface area contributed by atoms with Gasteiger partial charge in [-0.1, -0.05) is 59.1 Å². The van der Waals surface area contributed by atoms with Gasteiger partial charge in [-0.25, -0.2) is 0 Å². The van der Waals surface area contributed by atoms with Crippen LogP contribution >= 0.6 is 35.4 Å². The Morgan fingerprint density at radius 2 is 1.17 bits per heavy atom. The van der Waals surface area contributed by atoms with Crippen molar-refractivity contribution in [1.29, 1.82) is 0 Å². The zero-order valence-corrected chi connectivity index (χ0v) is 20.3. The molecule has 5 nitrogen and oxygen atoms in total. The Balaban J connectivity index is 0.00000198. The summed E-state index contributed by atoms with van der Waals surface area (Å²) in [5, 5.41) is 33.2. The molecule has 0 aliphatic carbocycles. The number of hydrogen-bond acceptors (Lipinski definition) is 5. The first-order valence-corrected chi connectivity index (χ1v) is 9.65. The van der Waals surface area contributed by atoms with Gasteiger partial charge >= 0.3 is 17.1 Å². The number of benzene rings is 2. The fourth-order valence-electron chi connectivity index (χ4n) is 2.02. The molecule has 0 aliphatic heterocycles. The van der Waals surface area contributed by atoms with Crippen LogP contribution in [-0.4, -0.2) is 28.7 Å². The number of hydrogen-bond donors (Lipinski definition) is 0. The molecule has 0 heterocycles. The van der Waals surface area contributed by atoms with Gasteiger partial charge < -0.3 is 15.6 Å². The van der Waals surface area contributed by atoms with Gasteiger partial charge in [-0.3, -0.25) is 9.98 Å². The van der Waals surface area contributed by atoms with E-state index in [4.69, 9.17) is 28.6 Å². The largest absolute Gasteiger partial charge is 3.00 e. The molecular weight excluding hydrogens is 484 g/mol. The predicted molar refractivity (Wildman–Crippen MR) is 121 cm³/mol. The summed E-state index contributed by atoms with van der Waals surface area (Å²) >= 11 is 15.6. The molecule has 0 aliphatic rings. The summed E-state index contributed by atoms with van der Waals surface area (Å²) in [6.07, 6.45) is 3.04. The van der Waals surface area contributed by atoms with E-state index in [-0.39, 0.29) is 28.6 Å². The van der Waals surface area contributed by atoms with E-state index >= 15 is 0 Å². The van der Waals surface area contributed by atoms with E-state index in [0.29, 0.717) is 21.2 Å². The van der Waals surface area contributed by atoms with Gasteiger partial charge in [0.25, 0.3) is 0 Å². The Morgan fingerprint density at radius 1 is 0.867 bits per heavy atom. The SMILES string of the molecule is CC(C)(N=Cc1cc(Cl)ccc1[O-])C(C)(C)N=Cc1cc(Cl)ccc1[O-].[Mn+3].[N-]=C=S. The van der Waals surface area contributed by atoms with Crippen LogP contribution in [0.1, 0.15) is 38.8 Å². The van der Waals surface area contributed by atoms with Gasteiger partial charge in [0.15, 0.2) is 0 Å². The van der Waals surface area contributed by atoms with Crippen LogP contribution in [-0.2, 0) is 17.1 Å². The fraction of sp³-hybridized carbons (Fsp3) is 0.286. The van der Waals surface area contributed by atoms with Crippen molar-refractivity contribution >= 4 is 53.0 Å². The molecule has 30 heavy (non-hydrogen) atoms. The van der Waals surface area contributed by atoms with Crippen molar-refractivity contribution in [3.63, 3.8) is 0 Å². The molecule has 0 bridgehead atoms. The van der Waals surface area contributed by atoms with Crippen molar-refractivity contribution < 1.29 is 27.3 Å². The van der Waals surface area contributed by atoms with E-state index in [0.717, 1.165) is 0 Å². The maximum absolute atomic E-state index is 11.9. The van der Waals surface area contributed by atoms with E-state index in [2.05, 4.69) is 22.2 Å². The van der Waals surface area contributed by atoms with Crippen LogP contribution in [0.3, 0.4) is 0 Å². The van der Waals surface area contributed by atoms with Crippen LogP contribution < -0.4 is 10.2 Å². The molecular formula is C21H20Cl2MnN3O2S. The summed E-state index contributed by atoms with van der Waals surface area (Å²) in [6, 6.07) is 9.08. The summed E-state index contributed by atoms with van der Waals surface area (Å²) in [6.45, 7) is 7.63. The third kappa shape index (κ3) is 8.19. The van der Waals surface area contributed by atoms with Gasteiger partial charge in [0, 0.05) is 22.5 Å². The average molecular weight is 504 g/mol. The Labute approximate surface area is 202 Å². The molecule has 0 radical (unpaired) electrons. The van der Waals surface area contributed by atoms with Crippen LogP contribution in [0.5, 0.6) is 11.5 Å². The monoisotopic (exact) mass is 503 g/mol. The van der Waals surface area contributed by atoms with Gasteiger partial charge in [0.1, 0.15) is 0 Å². The van der Waals surface area contributed by atoms with Crippen LogP contribution in [0.15, 0.2) is 46.4 Å². The van der Waals surface area contributed by atoms with Crippen LogP contribution in [0.4, 0.5) is 0 Å². The third-order valence-corrected chi connectivity index (χ3v) is 4.96. The molecule has 0 fully saturated rings. The zero-order valence-electron chi connectivity index (χ0n) is 16.8. The molecule has 2 aromatic carbocycles. The second-order valence-corrected chi connectivity index (χ2v) is 8.15. The van der Waals surface area contributed by atoms with E-state index in [1.54, 1.807) is 24.3 Å². The van der Waals surface area contributed by atoms with Gasteiger partial charge in [-0.15, -0.1) is 0 Å². The number of thiocarbonyl (C=S) groups is 1. The Bertz CT molecular complexity index is 886. The van der Waals surface area contributed by atoms with Gasteiger partial charge in [-0.2, -0.15) is 5.16 Å². The first kappa shape index (κ1) is 28.3. The molecule has 0 saturated heterocycles. The van der Waals surface area contributed by atoms with E-state index < -0.39 is 11.1 Å². The second kappa shape index (κ2) is 12.2. The van der Waals surface area contributed by atoms with E-state index in [9.17, 15) is 10.2 Å². The molecule has 0 amide bonds. The topological polar surface area (TPSA) is 93.1 Å². The smallest absolute Gasteiger partial charge is 0.872 e. The Hall–Kier alpha value is -1.72. The maximum atomic E-state index is 11.9. The summed E-state index contributed by atoms with van der Waals surface area (Å²) in [4.78, 5) is 9.10. The molecule has 0 atom stereocenters. The van der Waals surface area contributed by atoms with Crippen molar-refractivity contribution in [2.75, 3.05) is 0 Å². The molecule has 158 valence electrons. The Kier molecular flexibility index (Phi) is 11.5. The number of nitrogens with zero attached hydrogens (tertiary/aromatic N) is 3. The molecule has 0 aromatic heterocycles. The molecule has 2 rings (SSSR count). The van der Waals surface area contributed by atoms with E-state index in [1.165, 1.54) is 29.7 Å². The van der Waals surface area contributed by atoms with Crippen LogP contribution in [0.2, 0.25) is 10.0 Å². The van der Waals surface area contributed by atoms with Crippen LogP contribution in [0.25, 0.3) is 5.41 Å². The van der Waals surface area contributed by atoms with Crippen molar-refractivity contribution in [3.05, 3.63) is 63.0 Å². The summed E-state index contributed by atoms with van der Waals surface area (Å²) < 4.78 is 0. The van der Waals surface area contributed by atoms with Crippen molar-refractivity contribution in [2.24, 2.45) is 9.98 Å². The number of rotatable bonds is 5. The summed E-state index contributed by atoms with van der Waals surface area (Å²) in [5.41, 5.74) is -0.441. The molecule has 0 saturated carbocycles. The molecule has 2 aromatic rings. The third-order valence-electron chi connectivity index (χ3n) is 4.49. The fourth-order valence-corrected chi connectivity index (χ4v) is 2.38. The zero-order chi connectivity index (χ0) is 22.2. The minimum atomic E-state index is -0.639. The number of isothiocyanates is 1. The molecule has 0 spiro atoms. The summed E-state index contributed by atoms with van der Waals surface area (Å²) in [7, 11) is 0. The van der Waals surface area contributed by atoms with E-state index in [1.807, 2.05) is 27.7 Å². The first-order valence-electron chi connectivity index (χ1n) is 8.48. The normalized spacial score (nSPS) is 11.5. The Morgan fingerprint density at radius 3 is 1.47 bits per heavy atom. The number of halogens is 2. The van der Waals surface area contributed by atoms with Crippen molar-refractivity contribution in [3.8, 4) is 11.5 Å². The van der Waals surface area contributed by atoms with Gasteiger partial charge in [0.05, 0.1) is 11.1 Å². The quantitative estimate of drug-likeness (QED) is 0.330. The van der Waals surface area contributed by atoms with Crippen molar-refractivity contribution in [1.82, 2.24) is 0 Å². The van der Waals surface area contributed by atoms with Crippen molar-refractivity contribution in [2.45, 2.75) is 38.8 Å². The molecule has 0 unspecified atom stereocenters. The van der Waals surface area contributed by atoms with Gasteiger partial charge in [0.2, 0.25) is 0 Å². The number of aliphatic imine (C=N–C) groups is 2. The maximum Gasteiger partial charge on any atom is 3.00 e. The standard InChI is InChI=1S/C20H22Cl2N2O2.CNS.Mn/c1-19(2,23-11-13-9-15(21)5-7-17(13)25)20(3,4)24-12-14-10-16(22)6-8-18(14)26;2-1-3;/h5-12,25-26H,1-4H3;;/q;-1;+3/p-2. The average Bonchev–Trinajstić information content (AvgIpc) is 2.64. The molecule has 0 N–H and O–H groups in total. The minimum absolute atomic E-state index is 0. The minimum Gasteiger partial charge on any atom is -0.872 e. The van der Waals surface area contributed by atoms with Gasteiger partial charge in [-0.05, 0) is 63.1 Å². The second-order valence-electron chi connectivity index (χ2n) is 7.09. The summed E-state index contributed by atoms with van der Waals surface area (Å²) in [5.74, 6) is -0.296.